The average Bonchev–Trinajstić information content (AvgIpc) is 2.86. The van der Waals surface area contributed by atoms with Crippen LogP contribution in [0.3, 0.4) is 0 Å². The summed E-state index contributed by atoms with van der Waals surface area (Å²) in [6.45, 7) is 1.88. The van der Waals surface area contributed by atoms with Crippen LogP contribution in [0, 0.1) is 5.82 Å². The van der Waals surface area contributed by atoms with Crippen LogP contribution >= 0.6 is 0 Å². The summed E-state index contributed by atoms with van der Waals surface area (Å²) in [4.78, 5) is 1.70. The summed E-state index contributed by atoms with van der Waals surface area (Å²) in [6, 6.07) is 25.2. The van der Waals surface area contributed by atoms with Gasteiger partial charge in [-0.05, 0) is 23.3 Å². The minimum Gasteiger partial charge on any atom is -0.389 e. The summed E-state index contributed by atoms with van der Waals surface area (Å²) >= 11 is 0. The van der Waals surface area contributed by atoms with E-state index < -0.39 is 21.9 Å². The molecule has 0 saturated carbocycles. The highest BCUT2D eigenvalue weighted by Crippen LogP contribution is 2.26. The molecule has 0 amide bonds. The predicted molar refractivity (Wildman–Crippen MR) is 128 cm³/mol. The molecule has 0 aliphatic carbocycles. The third-order valence-corrected chi connectivity index (χ3v) is 7.85. The molecule has 0 aromatic heterocycles. The number of rotatable bonds is 9. The van der Waals surface area contributed by atoms with Crippen LogP contribution in [0.15, 0.2) is 89.8 Å². The molecular formula is C26H29FN2O4S. The van der Waals surface area contributed by atoms with Gasteiger partial charge in [0.05, 0.1) is 12.7 Å². The number of piperazine rings is 1. The highest BCUT2D eigenvalue weighted by Gasteiger charge is 2.31. The topological polar surface area (TPSA) is 70.1 Å². The molecule has 0 radical (unpaired) electrons. The van der Waals surface area contributed by atoms with Crippen LogP contribution in [0.5, 0.6) is 0 Å². The number of β-amino-alcohol motifs (C(OH)–C–C–N with tert-alkyl or cyclic N) is 1. The molecule has 3 aromatic rings. The Bertz CT molecular complexity index is 1110. The first-order valence-corrected chi connectivity index (χ1v) is 12.8. The largest absolute Gasteiger partial charge is 0.389 e. The molecule has 0 bridgehead atoms. The second-order valence-corrected chi connectivity index (χ2v) is 10.2. The van der Waals surface area contributed by atoms with Crippen LogP contribution in [0.25, 0.3) is 0 Å². The summed E-state index contributed by atoms with van der Waals surface area (Å²) in [7, 11) is -3.88. The fourth-order valence-electron chi connectivity index (χ4n) is 4.14. The summed E-state index contributed by atoms with van der Waals surface area (Å²) in [6.07, 6.45) is -1.02. The van der Waals surface area contributed by atoms with Crippen LogP contribution in [0.4, 0.5) is 4.39 Å². The average molecular weight is 485 g/mol. The minimum atomic E-state index is -3.88. The van der Waals surface area contributed by atoms with Crippen LogP contribution < -0.4 is 0 Å². The number of sulfonamides is 1. The first kappa shape index (κ1) is 24.5. The molecule has 1 aliphatic rings. The Balaban J connectivity index is 1.32. The Morgan fingerprint density at radius 3 is 1.91 bits per heavy atom. The molecular weight excluding hydrogens is 455 g/mol. The van der Waals surface area contributed by atoms with E-state index in [1.54, 1.807) is 0 Å². The van der Waals surface area contributed by atoms with Crippen molar-refractivity contribution in [2.75, 3.05) is 39.3 Å². The van der Waals surface area contributed by atoms with Crippen molar-refractivity contribution in [2.45, 2.75) is 17.1 Å². The van der Waals surface area contributed by atoms with E-state index in [1.165, 1.54) is 22.5 Å². The molecule has 3 aromatic carbocycles. The molecule has 4 rings (SSSR count). The van der Waals surface area contributed by atoms with Gasteiger partial charge in [0.2, 0.25) is 10.0 Å². The normalized spacial score (nSPS) is 16.6. The number of nitrogens with zero attached hydrogens (tertiary/aromatic N) is 2. The second kappa shape index (κ2) is 11.2. The molecule has 0 spiro atoms. The van der Waals surface area contributed by atoms with Gasteiger partial charge in [-0.2, -0.15) is 4.31 Å². The molecule has 34 heavy (non-hydrogen) atoms. The van der Waals surface area contributed by atoms with E-state index in [0.717, 1.165) is 17.2 Å². The maximum Gasteiger partial charge on any atom is 0.246 e. The molecule has 180 valence electrons. The van der Waals surface area contributed by atoms with Gasteiger partial charge in [-0.1, -0.05) is 72.8 Å². The number of hydrogen-bond acceptors (Lipinski definition) is 5. The molecule has 8 heteroatoms. The number of aliphatic hydroxyl groups excluding tert-OH is 1. The second-order valence-electron chi connectivity index (χ2n) is 8.32. The number of halogens is 1. The first-order chi connectivity index (χ1) is 16.4. The van der Waals surface area contributed by atoms with Gasteiger partial charge in [-0.15, -0.1) is 0 Å². The highest BCUT2D eigenvalue weighted by molar-refractivity contribution is 7.89. The summed E-state index contributed by atoms with van der Waals surface area (Å²) in [5.74, 6) is -0.746. The lowest BCUT2D eigenvalue weighted by atomic mass is 10.0. The number of benzene rings is 3. The number of hydrogen-bond donors (Lipinski definition) is 1. The zero-order valence-corrected chi connectivity index (χ0v) is 19.6. The van der Waals surface area contributed by atoms with Crippen molar-refractivity contribution in [2.24, 2.45) is 0 Å². The fraction of sp³-hybridized carbons (Fsp3) is 0.308. The third-order valence-electron chi connectivity index (χ3n) is 5.91. The van der Waals surface area contributed by atoms with Crippen molar-refractivity contribution in [3.8, 4) is 0 Å². The van der Waals surface area contributed by atoms with Crippen molar-refractivity contribution >= 4 is 10.0 Å². The molecule has 1 N–H and O–H groups in total. The Morgan fingerprint density at radius 1 is 0.824 bits per heavy atom. The Hall–Kier alpha value is -2.62. The smallest absolute Gasteiger partial charge is 0.246 e. The van der Waals surface area contributed by atoms with Crippen molar-refractivity contribution in [1.29, 1.82) is 0 Å². The van der Waals surface area contributed by atoms with E-state index in [1.807, 2.05) is 65.6 Å². The van der Waals surface area contributed by atoms with Crippen LogP contribution in [0.2, 0.25) is 0 Å². The zero-order valence-electron chi connectivity index (χ0n) is 18.8. The lowest BCUT2D eigenvalue weighted by molar-refractivity contribution is -0.0117. The van der Waals surface area contributed by atoms with Crippen molar-refractivity contribution in [3.05, 3.63) is 102 Å². The van der Waals surface area contributed by atoms with Gasteiger partial charge in [0.1, 0.15) is 16.8 Å². The van der Waals surface area contributed by atoms with Crippen molar-refractivity contribution in [3.63, 3.8) is 0 Å². The Kier molecular flexibility index (Phi) is 8.07. The predicted octanol–water partition coefficient (Wildman–Crippen LogP) is 3.30. The molecule has 1 fully saturated rings. The standard InChI is InChI=1S/C26H29FN2O4S/c27-24-13-7-8-14-25(24)34(31,32)29-17-15-28(16-18-29)19-23(30)20-33-26(21-9-3-1-4-10-21)22-11-5-2-6-12-22/h1-14,23,26,30H,15-20H2/t23-/m1/s1. The molecule has 1 atom stereocenters. The van der Waals surface area contributed by atoms with E-state index in [2.05, 4.69) is 0 Å². The van der Waals surface area contributed by atoms with Crippen LogP contribution in [0.1, 0.15) is 17.2 Å². The summed E-state index contributed by atoms with van der Waals surface area (Å²) < 4.78 is 47.0. The highest BCUT2D eigenvalue weighted by atomic mass is 32.2. The zero-order chi connectivity index (χ0) is 24.0. The molecule has 1 aliphatic heterocycles. The third kappa shape index (κ3) is 5.89. The van der Waals surface area contributed by atoms with Gasteiger partial charge >= 0.3 is 0 Å². The molecule has 1 heterocycles. The van der Waals surface area contributed by atoms with Crippen molar-refractivity contribution in [1.82, 2.24) is 9.21 Å². The fourth-order valence-corrected chi connectivity index (χ4v) is 5.63. The lowest BCUT2D eigenvalue weighted by Gasteiger charge is -2.35. The minimum absolute atomic E-state index is 0.141. The lowest BCUT2D eigenvalue weighted by Crippen LogP contribution is -2.50. The monoisotopic (exact) mass is 484 g/mol. The quantitative estimate of drug-likeness (QED) is 0.505. The van der Waals surface area contributed by atoms with Gasteiger partial charge in [0, 0.05) is 32.7 Å². The molecule has 6 nitrogen and oxygen atoms in total. The maximum absolute atomic E-state index is 14.0. The maximum atomic E-state index is 14.0. The van der Waals surface area contributed by atoms with Gasteiger partial charge in [0.15, 0.2) is 0 Å². The SMILES string of the molecule is O=S(=O)(c1ccccc1F)N1CCN(C[C@@H](O)COC(c2ccccc2)c2ccccc2)CC1. The molecule has 1 saturated heterocycles. The van der Waals surface area contributed by atoms with Gasteiger partial charge < -0.3 is 9.84 Å². The summed E-state index contributed by atoms with van der Waals surface area (Å²) in [5.41, 5.74) is 2.01. The van der Waals surface area contributed by atoms with Gasteiger partial charge in [0.25, 0.3) is 0 Å². The summed E-state index contributed by atoms with van der Waals surface area (Å²) in [5, 5.41) is 10.6. The number of aliphatic hydroxyl groups is 1. The van der Waals surface area contributed by atoms with E-state index in [4.69, 9.17) is 4.74 Å². The van der Waals surface area contributed by atoms with Crippen molar-refractivity contribution < 1.29 is 22.7 Å². The number of ether oxygens (including phenoxy) is 1. The molecule has 0 unspecified atom stereocenters. The van der Waals surface area contributed by atoms with E-state index in [-0.39, 0.29) is 30.7 Å². The van der Waals surface area contributed by atoms with E-state index in [9.17, 15) is 17.9 Å². The van der Waals surface area contributed by atoms with Crippen LogP contribution in [-0.2, 0) is 14.8 Å². The van der Waals surface area contributed by atoms with Gasteiger partial charge in [-0.3, -0.25) is 4.90 Å². The Labute approximate surface area is 200 Å². The van der Waals surface area contributed by atoms with E-state index in [0.29, 0.717) is 19.6 Å². The van der Waals surface area contributed by atoms with Gasteiger partial charge in [-0.25, -0.2) is 12.8 Å². The van der Waals surface area contributed by atoms with E-state index >= 15 is 0 Å². The Morgan fingerprint density at radius 2 is 1.35 bits per heavy atom. The first-order valence-electron chi connectivity index (χ1n) is 11.3. The van der Waals surface area contributed by atoms with Crippen LogP contribution in [-0.4, -0.2) is 68.2 Å².